The molecule has 0 bridgehead atoms. The highest BCUT2D eigenvalue weighted by molar-refractivity contribution is 5.75. The van der Waals surface area contributed by atoms with Gasteiger partial charge in [-0.1, -0.05) is 129 Å². The molecule has 0 saturated carbocycles. The van der Waals surface area contributed by atoms with Crippen LogP contribution in [0.25, 0.3) is 0 Å². The first-order chi connectivity index (χ1) is 13.3. The third-order valence-electron chi connectivity index (χ3n) is 5.58. The van der Waals surface area contributed by atoms with E-state index in [-0.39, 0.29) is 5.91 Å². The minimum absolute atomic E-state index is 0.240. The zero-order chi connectivity index (χ0) is 19.8. The number of carbonyl (C=O) groups is 1. The summed E-state index contributed by atoms with van der Waals surface area (Å²) < 4.78 is 0. The maximum atomic E-state index is 11.5. The molecule has 0 rings (SSSR count). The van der Waals surface area contributed by atoms with Crippen molar-refractivity contribution in [1.82, 2.24) is 5.32 Å². The summed E-state index contributed by atoms with van der Waals surface area (Å²) in [5.41, 5.74) is 0. The van der Waals surface area contributed by atoms with Gasteiger partial charge in [0, 0.05) is 13.0 Å². The molecule has 1 N–H and O–H groups in total. The summed E-state index contributed by atoms with van der Waals surface area (Å²) in [6.07, 6.45) is 28.3. The zero-order valence-electron chi connectivity index (χ0n) is 19.0. The van der Waals surface area contributed by atoms with Crippen molar-refractivity contribution in [2.45, 2.75) is 149 Å². The van der Waals surface area contributed by atoms with Gasteiger partial charge in [-0.15, -0.1) is 0 Å². The summed E-state index contributed by atoms with van der Waals surface area (Å²) in [7, 11) is 0. The van der Waals surface area contributed by atoms with Gasteiger partial charge in [0.25, 0.3) is 0 Å². The second-order valence-electron chi connectivity index (χ2n) is 8.46. The third-order valence-corrected chi connectivity index (χ3v) is 5.58. The van der Waals surface area contributed by atoms with Gasteiger partial charge >= 0.3 is 0 Å². The number of rotatable bonds is 22. The van der Waals surface area contributed by atoms with E-state index in [4.69, 9.17) is 0 Å². The highest BCUT2D eigenvalue weighted by atomic mass is 16.1. The molecule has 0 aromatic heterocycles. The van der Waals surface area contributed by atoms with Crippen LogP contribution in [0, 0.1) is 0 Å². The molecule has 0 saturated heterocycles. The summed E-state index contributed by atoms with van der Waals surface area (Å²) in [5.74, 6) is 0.240. The number of carbonyl (C=O) groups excluding carboxylic acids is 1. The fourth-order valence-corrected chi connectivity index (χ4v) is 3.72. The van der Waals surface area contributed by atoms with Crippen molar-refractivity contribution in [3.05, 3.63) is 0 Å². The first-order valence-corrected chi connectivity index (χ1v) is 12.6. The molecule has 0 unspecified atom stereocenters. The van der Waals surface area contributed by atoms with Gasteiger partial charge in [0.05, 0.1) is 0 Å². The summed E-state index contributed by atoms with van der Waals surface area (Å²) >= 11 is 0. The second kappa shape index (κ2) is 23.5. The van der Waals surface area contributed by atoms with E-state index < -0.39 is 0 Å². The van der Waals surface area contributed by atoms with E-state index in [2.05, 4.69) is 19.2 Å². The summed E-state index contributed by atoms with van der Waals surface area (Å²) in [6.45, 7) is 5.22. The Hall–Kier alpha value is -0.530. The van der Waals surface area contributed by atoms with Crippen LogP contribution in [0.3, 0.4) is 0 Å². The van der Waals surface area contributed by atoms with E-state index in [1.54, 1.807) is 0 Å². The lowest BCUT2D eigenvalue weighted by Crippen LogP contribution is -2.23. The summed E-state index contributed by atoms with van der Waals surface area (Å²) in [4.78, 5) is 11.5. The van der Waals surface area contributed by atoms with Crippen molar-refractivity contribution in [2.75, 3.05) is 6.54 Å². The van der Waals surface area contributed by atoms with Gasteiger partial charge in [0.2, 0.25) is 5.91 Å². The van der Waals surface area contributed by atoms with Crippen molar-refractivity contribution in [1.29, 1.82) is 0 Å². The van der Waals surface area contributed by atoms with Crippen LogP contribution in [0.5, 0.6) is 0 Å². The maximum Gasteiger partial charge on any atom is 0.219 e. The Morgan fingerprint density at radius 2 is 0.815 bits per heavy atom. The molecule has 0 aliphatic heterocycles. The lowest BCUT2D eigenvalue weighted by atomic mass is 10.0. The van der Waals surface area contributed by atoms with E-state index >= 15 is 0 Å². The van der Waals surface area contributed by atoms with Crippen LogP contribution in [0.4, 0.5) is 0 Å². The fourth-order valence-electron chi connectivity index (χ4n) is 3.72. The van der Waals surface area contributed by atoms with Crippen LogP contribution in [-0.4, -0.2) is 12.5 Å². The predicted molar refractivity (Wildman–Crippen MR) is 121 cm³/mol. The quantitative estimate of drug-likeness (QED) is 0.188. The fraction of sp³-hybridized carbons (Fsp3) is 0.960. The highest BCUT2D eigenvalue weighted by Gasteiger charge is 1.99. The Morgan fingerprint density at radius 1 is 0.481 bits per heavy atom. The van der Waals surface area contributed by atoms with Crippen molar-refractivity contribution in [3.63, 3.8) is 0 Å². The Kier molecular flexibility index (Phi) is 23.0. The van der Waals surface area contributed by atoms with E-state index in [9.17, 15) is 4.79 Å². The van der Waals surface area contributed by atoms with Crippen LogP contribution >= 0.6 is 0 Å². The second-order valence-corrected chi connectivity index (χ2v) is 8.46. The van der Waals surface area contributed by atoms with Crippen molar-refractivity contribution in [2.24, 2.45) is 0 Å². The first-order valence-electron chi connectivity index (χ1n) is 12.6. The summed E-state index contributed by atoms with van der Waals surface area (Å²) in [6, 6.07) is 0. The topological polar surface area (TPSA) is 29.1 Å². The molecule has 162 valence electrons. The lowest BCUT2D eigenvalue weighted by Gasteiger charge is -2.04. The minimum atomic E-state index is 0.240. The standard InChI is InChI=1S/C25H51NO/c1-3-5-6-7-8-9-10-11-12-13-14-15-16-17-18-19-20-21-22-23-25(27)26-24-4-2/h3-24H2,1-2H3,(H,26,27). The van der Waals surface area contributed by atoms with Gasteiger partial charge in [-0.05, 0) is 12.8 Å². The number of hydrogen-bond acceptors (Lipinski definition) is 1. The number of hydrogen-bond donors (Lipinski definition) is 1. The van der Waals surface area contributed by atoms with Gasteiger partial charge in [-0.25, -0.2) is 0 Å². The van der Waals surface area contributed by atoms with Crippen LogP contribution in [0.2, 0.25) is 0 Å². The van der Waals surface area contributed by atoms with E-state index in [0.29, 0.717) is 0 Å². The molecule has 0 heterocycles. The van der Waals surface area contributed by atoms with Gasteiger partial charge < -0.3 is 5.32 Å². The third kappa shape index (κ3) is 23.4. The Labute approximate surface area is 171 Å². The Morgan fingerprint density at radius 3 is 1.15 bits per heavy atom. The van der Waals surface area contributed by atoms with Gasteiger partial charge in [0.1, 0.15) is 0 Å². The molecule has 0 atom stereocenters. The molecular weight excluding hydrogens is 330 g/mol. The molecule has 0 aliphatic carbocycles. The molecular formula is C25H51NO. The zero-order valence-corrected chi connectivity index (χ0v) is 19.0. The molecule has 1 amide bonds. The highest BCUT2D eigenvalue weighted by Crippen LogP contribution is 2.14. The van der Waals surface area contributed by atoms with Crippen molar-refractivity contribution in [3.8, 4) is 0 Å². The van der Waals surface area contributed by atoms with E-state index in [1.165, 1.54) is 116 Å². The largest absolute Gasteiger partial charge is 0.356 e. The van der Waals surface area contributed by atoms with Crippen molar-refractivity contribution < 1.29 is 4.79 Å². The van der Waals surface area contributed by atoms with Crippen LogP contribution in [0.15, 0.2) is 0 Å². The smallest absolute Gasteiger partial charge is 0.219 e. The van der Waals surface area contributed by atoms with E-state index in [0.717, 1.165) is 25.8 Å². The van der Waals surface area contributed by atoms with Crippen molar-refractivity contribution >= 4 is 5.91 Å². The monoisotopic (exact) mass is 381 g/mol. The Bertz CT molecular complexity index is 290. The van der Waals surface area contributed by atoms with Gasteiger partial charge in [0.15, 0.2) is 0 Å². The first kappa shape index (κ1) is 26.5. The molecule has 0 radical (unpaired) electrons. The summed E-state index contributed by atoms with van der Waals surface area (Å²) in [5, 5.41) is 2.95. The molecule has 2 nitrogen and oxygen atoms in total. The molecule has 0 aromatic rings. The molecule has 0 aromatic carbocycles. The SMILES string of the molecule is CCCCCCCCCCCCCCCCCCCCCC(=O)NCCC. The average Bonchev–Trinajstić information content (AvgIpc) is 2.68. The predicted octanol–water partition coefficient (Wildman–Crippen LogP) is 8.33. The molecule has 0 aliphatic rings. The maximum absolute atomic E-state index is 11.5. The van der Waals surface area contributed by atoms with Crippen LogP contribution in [-0.2, 0) is 4.79 Å². The average molecular weight is 382 g/mol. The number of unbranched alkanes of at least 4 members (excludes halogenated alkanes) is 18. The van der Waals surface area contributed by atoms with Gasteiger partial charge in [-0.3, -0.25) is 4.79 Å². The van der Waals surface area contributed by atoms with E-state index in [1.807, 2.05) is 0 Å². The molecule has 0 spiro atoms. The van der Waals surface area contributed by atoms with Crippen LogP contribution in [0.1, 0.15) is 149 Å². The molecule has 0 fully saturated rings. The lowest BCUT2D eigenvalue weighted by molar-refractivity contribution is -0.121. The van der Waals surface area contributed by atoms with Gasteiger partial charge in [-0.2, -0.15) is 0 Å². The Balaban J connectivity index is 3.04. The minimum Gasteiger partial charge on any atom is -0.356 e. The van der Waals surface area contributed by atoms with Crippen LogP contribution < -0.4 is 5.32 Å². The molecule has 27 heavy (non-hydrogen) atoms. The number of nitrogens with one attached hydrogen (secondary N) is 1. The normalized spacial score (nSPS) is 11.0. The number of amides is 1. The molecule has 2 heteroatoms.